The zero-order valence-electron chi connectivity index (χ0n) is 17.1. The molecular formula is C21H18F5N3O3S. The average molecular weight is 487 g/mol. The quantitative estimate of drug-likeness (QED) is 0.506. The Kier molecular flexibility index (Phi) is 6.61. The van der Waals surface area contributed by atoms with Crippen LogP contribution < -0.4 is 10.5 Å². The molecule has 12 heteroatoms. The first-order valence-corrected chi connectivity index (χ1v) is 11.0. The molecule has 0 aliphatic heterocycles. The number of hydrogen-bond acceptors (Lipinski definition) is 3. The number of anilines is 1. The van der Waals surface area contributed by atoms with Gasteiger partial charge in [-0.2, -0.15) is 13.2 Å². The van der Waals surface area contributed by atoms with E-state index in [0.29, 0.717) is 6.07 Å². The van der Waals surface area contributed by atoms with Crippen LogP contribution in [0.1, 0.15) is 27.3 Å². The van der Waals surface area contributed by atoms with Crippen LogP contribution in [0.25, 0.3) is 5.69 Å². The van der Waals surface area contributed by atoms with Crippen molar-refractivity contribution in [1.82, 2.24) is 4.57 Å². The first kappa shape index (κ1) is 24.4. The number of nitrogens with one attached hydrogen (secondary N) is 1. The number of halogens is 5. The van der Waals surface area contributed by atoms with Crippen LogP contribution in [0.4, 0.5) is 27.6 Å². The Hall–Kier alpha value is -3.25. The van der Waals surface area contributed by atoms with Crippen LogP contribution in [-0.2, 0) is 22.6 Å². The number of benzene rings is 2. The Bertz CT molecular complexity index is 1300. The summed E-state index contributed by atoms with van der Waals surface area (Å²) >= 11 is 0. The predicted octanol–water partition coefficient (Wildman–Crippen LogP) is 4.36. The van der Waals surface area contributed by atoms with E-state index < -0.39 is 45.8 Å². The van der Waals surface area contributed by atoms with Gasteiger partial charge in [0.15, 0.2) is 0 Å². The highest BCUT2D eigenvalue weighted by Crippen LogP contribution is 2.36. The molecule has 0 aliphatic carbocycles. The molecule has 0 unspecified atom stereocenters. The van der Waals surface area contributed by atoms with Crippen LogP contribution in [0.15, 0.2) is 53.4 Å². The monoisotopic (exact) mass is 487 g/mol. The minimum Gasteiger partial charge on any atom is -0.322 e. The standard InChI is InChI=1S/C21H18F5N3O3S/c1-12-17(20(30)28-14-3-5-16(6-4-14)33(27,31)32)11-15(8-9-22)29(12)19-7-2-13(23)10-18(19)21(24,25)26/h2-7,10-11H,8-9H2,1H3,(H,28,30)(H2,27,31,32). The van der Waals surface area contributed by atoms with Gasteiger partial charge in [-0.15, -0.1) is 0 Å². The van der Waals surface area contributed by atoms with Gasteiger partial charge in [0.05, 0.1) is 28.4 Å². The summed E-state index contributed by atoms with van der Waals surface area (Å²) in [6, 6.07) is 8.27. The highest BCUT2D eigenvalue weighted by atomic mass is 32.2. The molecular weight excluding hydrogens is 469 g/mol. The number of carbonyl (C=O) groups is 1. The second-order valence-electron chi connectivity index (χ2n) is 7.09. The Morgan fingerprint density at radius 2 is 1.73 bits per heavy atom. The van der Waals surface area contributed by atoms with Crippen molar-refractivity contribution < 1.29 is 35.2 Å². The number of nitrogens with zero attached hydrogens (tertiary/aromatic N) is 1. The maximum Gasteiger partial charge on any atom is 0.418 e. The van der Waals surface area contributed by atoms with Gasteiger partial charge in [-0.3, -0.25) is 9.18 Å². The summed E-state index contributed by atoms with van der Waals surface area (Å²) < 4.78 is 91.1. The molecule has 33 heavy (non-hydrogen) atoms. The fourth-order valence-corrected chi connectivity index (χ4v) is 3.89. The predicted molar refractivity (Wildman–Crippen MR) is 111 cm³/mol. The number of alkyl halides is 4. The third-order valence-electron chi connectivity index (χ3n) is 4.86. The van der Waals surface area contributed by atoms with Crippen molar-refractivity contribution in [2.24, 2.45) is 5.14 Å². The highest BCUT2D eigenvalue weighted by molar-refractivity contribution is 7.89. The number of hydrogen-bond donors (Lipinski definition) is 2. The highest BCUT2D eigenvalue weighted by Gasteiger charge is 2.35. The smallest absolute Gasteiger partial charge is 0.322 e. The molecule has 3 N–H and O–H groups in total. The number of aryl methyl sites for hydroxylation is 1. The van der Waals surface area contributed by atoms with Gasteiger partial charge >= 0.3 is 6.18 Å². The lowest BCUT2D eigenvalue weighted by Crippen LogP contribution is -2.16. The number of sulfonamides is 1. The molecule has 0 saturated heterocycles. The van der Waals surface area contributed by atoms with Crippen molar-refractivity contribution in [3.8, 4) is 5.69 Å². The zero-order valence-corrected chi connectivity index (χ0v) is 17.9. The van der Waals surface area contributed by atoms with E-state index in [4.69, 9.17) is 5.14 Å². The number of aromatic nitrogens is 1. The van der Waals surface area contributed by atoms with Crippen LogP contribution in [-0.4, -0.2) is 25.6 Å². The number of primary sulfonamides is 1. The van der Waals surface area contributed by atoms with Gasteiger partial charge in [0.25, 0.3) is 5.91 Å². The zero-order chi connectivity index (χ0) is 24.6. The van der Waals surface area contributed by atoms with Crippen LogP contribution in [0.3, 0.4) is 0 Å². The summed E-state index contributed by atoms with van der Waals surface area (Å²) in [6.07, 6.45) is -5.18. The van der Waals surface area contributed by atoms with Gasteiger partial charge in [-0.05, 0) is 55.5 Å². The molecule has 6 nitrogen and oxygen atoms in total. The number of rotatable bonds is 6. The fourth-order valence-electron chi connectivity index (χ4n) is 3.37. The minimum absolute atomic E-state index is 0.0357. The summed E-state index contributed by atoms with van der Waals surface area (Å²) in [5, 5.41) is 7.52. The van der Waals surface area contributed by atoms with E-state index in [-0.39, 0.29) is 34.0 Å². The molecule has 3 rings (SSSR count). The Morgan fingerprint density at radius 3 is 2.27 bits per heavy atom. The van der Waals surface area contributed by atoms with Crippen molar-refractivity contribution in [3.63, 3.8) is 0 Å². The molecule has 0 fully saturated rings. The van der Waals surface area contributed by atoms with Crippen LogP contribution in [0.2, 0.25) is 0 Å². The van der Waals surface area contributed by atoms with Crippen LogP contribution >= 0.6 is 0 Å². The van der Waals surface area contributed by atoms with Gasteiger partial charge in [0, 0.05) is 23.5 Å². The molecule has 0 radical (unpaired) electrons. The SMILES string of the molecule is Cc1c(C(=O)Nc2ccc(S(N)(=O)=O)cc2)cc(CCF)n1-c1ccc(F)cc1C(F)(F)F. The molecule has 0 atom stereocenters. The lowest BCUT2D eigenvalue weighted by atomic mass is 10.1. The molecule has 0 saturated carbocycles. The second kappa shape index (κ2) is 8.94. The van der Waals surface area contributed by atoms with Crippen molar-refractivity contribution in [1.29, 1.82) is 0 Å². The van der Waals surface area contributed by atoms with Gasteiger partial charge < -0.3 is 9.88 Å². The maximum atomic E-state index is 13.5. The summed E-state index contributed by atoms with van der Waals surface area (Å²) in [4.78, 5) is 12.6. The summed E-state index contributed by atoms with van der Waals surface area (Å²) in [7, 11) is -3.94. The third kappa shape index (κ3) is 5.22. The molecule has 1 aromatic heterocycles. The lowest BCUT2D eigenvalue weighted by molar-refractivity contribution is -0.137. The number of carbonyl (C=O) groups excluding carboxylic acids is 1. The van der Waals surface area contributed by atoms with Gasteiger partial charge in [-0.25, -0.2) is 17.9 Å². The maximum absolute atomic E-state index is 13.5. The van der Waals surface area contributed by atoms with Crippen molar-refractivity contribution in [2.75, 3.05) is 12.0 Å². The molecule has 0 bridgehead atoms. The average Bonchev–Trinajstić information content (AvgIpc) is 3.03. The Labute approximate surface area is 185 Å². The molecule has 3 aromatic rings. The van der Waals surface area contributed by atoms with E-state index in [1.165, 1.54) is 37.3 Å². The Balaban J connectivity index is 2.05. The molecule has 1 amide bonds. The van der Waals surface area contributed by atoms with E-state index in [2.05, 4.69) is 5.32 Å². The third-order valence-corrected chi connectivity index (χ3v) is 5.79. The molecule has 2 aromatic carbocycles. The molecule has 1 heterocycles. The lowest BCUT2D eigenvalue weighted by Gasteiger charge is -2.18. The first-order valence-electron chi connectivity index (χ1n) is 9.41. The van der Waals surface area contributed by atoms with E-state index in [1.54, 1.807) is 0 Å². The number of amides is 1. The Morgan fingerprint density at radius 1 is 1.09 bits per heavy atom. The minimum atomic E-state index is -4.89. The molecule has 176 valence electrons. The second-order valence-corrected chi connectivity index (χ2v) is 8.65. The van der Waals surface area contributed by atoms with E-state index >= 15 is 0 Å². The van der Waals surface area contributed by atoms with Gasteiger partial charge in [0.2, 0.25) is 10.0 Å². The summed E-state index contributed by atoms with van der Waals surface area (Å²) in [6.45, 7) is 0.479. The van der Waals surface area contributed by atoms with E-state index in [9.17, 15) is 35.2 Å². The largest absolute Gasteiger partial charge is 0.418 e. The normalized spacial score (nSPS) is 12.1. The van der Waals surface area contributed by atoms with Crippen molar-refractivity contribution in [3.05, 3.63) is 76.9 Å². The fraction of sp³-hybridized carbons (Fsp3) is 0.190. The van der Waals surface area contributed by atoms with Crippen molar-refractivity contribution in [2.45, 2.75) is 24.4 Å². The molecule has 0 aliphatic rings. The van der Waals surface area contributed by atoms with E-state index in [0.717, 1.165) is 16.7 Å². The van der Waals surface area contributed by atoms with Crippen LogP contribution in [0, 0.1) is 12.7 Å². The molecule has 0 spiro atoms. The van der Waals surface area contributed by atoms with Crippen molar-refractivity contribution >= 4 is 21.6 Å². The van der Waals surface area contributed by atoms with Gasteiger partial charge in [-0.1, -0.05) is 0 Å². The van der Waals surface area contributed by atoms with Crippen LogP contribution in [0.5, 0.6) is 0 Å². The topological polar surface area (TPSA) is 94.2 Å². The summed E-state index contributed by atoms with van der Waals surface area (Å²) in [5.41, 5.74) is -1.39. The number of nitrogens with two attached hydrogens (primary N) is 1. The van der Waals surface area contributed by atoms with E-state index in [1.807, 2.05) is 0 Å². The van der Waals surface area contributed by atoms with Gasteiger partial charge in [0.1, 0.15) is 5.82 Å². The first-order chi connectivity index (χ1) is 15.3. The summed E-state index contributed by atoms with van der Waals surface area (Å²) in [5.74, 6) is -1.81.